The van der Waals surface area contributed by atoms with Crippen molar-refractivity contribution >= 4 is 29.9 Å². The van der Waals surface area contributed by atoms with E-state index in [0.717, 1.165) is 32.8 Å². The zero-order chi connectivity index (χ0) is 21.9. The third-order valence-corrected chi connectivity index (χ3v) is 5.00. The number of aliphatic imine (C=N–C) groups is 1. The van der Waals surface area contributed by atoms with Crippen LogP contribution in [0.4, 0.5) is 8.78 Å². The van der Waals surface area contributed by atoms with Gasteiger partial charge in [-0.3, -0.25) is 9.89 Å². The molecular weight excluding hydrogens is 521 g/mol. The molecule has 1 saturated heterocycles. The molecule has 1 fully saturated rings. The average Bonchev–Trinajstić information content (AvgIpc) is 2.72. The molecular formula is C21H35F2IN4O3. The lowest BCUT2D eigenvalue weighted by molar-refractivity contribution is -0.0520. The van der Waals surface area contributed by atoms with Crippen LogP contribution < -0.4 is 20.1 Å². The number of para-hydroxylation sites is 1. The Labute approximate surface area is 200 Å². The van der Waals surface area contributed by atoms with Gasteiger partial charge in [-0.2, -0.15) is 8.78 Å². The first-order valence-electron chi connectivity index (χ1n) is 10.4. The summed E-state index contributed by atoms with van der Waals surface area (Å²) in [6.07, 6.45) is 0. The van der Waals surface area contributed by atoms with Crippen LogP contribution in [0.25, 0.3) is 0 Å². The second-order valence-electron chi connectivity index (χ2n) is 7.32. The smallest absolute Gasteiger partial charge is 0.387 e. The van der Waals surface area contributed by atoms with E-state index in [-0.39, 0.29) is 36.3 Å². The molecule has 1 aromatic carbocycles. The van der Waals surface area contributed by atoms with Gasteiger partial charge in [-0.1, -0.05) is 26.0 Å². The molecule has 1 heterocycles. The van der Waals surface area contributed by atoms with Crippen molar-refractivity contribution in [1.82, 2.24) is 15.5 Å². The second-order valence-corrected chi connectivity index (χ2v) is 7.32. The van der Waals surface area contributed by atoms with Crippen LogP contribution in [0.2, 0.25) is 0 Å². The van der Waals surface area contributed by atoms with E-state index in [1.54, 1.807) is 32.2 Å². The van der Waals surface area contributed by atoms with Crippen molar-refractivity contribution < 1.29 is 23.0 Å². The number of alkyl halides is 2. The molecule has 1 atom stereocenters. The predicted octanol–water partition coefficient (Wildman–Crippen LogP) is 3.33. The molecule has 10 heteroatoms. The van der Waals surface area contributed by atoms with Crippen LogP contribution in [0.3, 0.4) is 0 Å². The van der Waals surface area contributed by atoms with E-state index >= 15 is 0 Å². The van der Waals surface area contributed by atoms with E-state index in [0.29, 0.717) is 35.8 Å². The minimum absolute atomic E-state index is 0. The molecule has 0 aromatic heterocycles. The van der Waals surface area contributed by atoms with Gasteiger partial charge in [0.25, 0.3) is 0 Å². The molecule has 1 aliphatic heterocycles. The number of rotatable bonds is 10. The average molecular weight is 556 g/mol. The Morgan fingerprint density at radius 2 is 1.94 bits per heavy atom. The summed E-state index contributed by atoms with van der Waals surface area (Å²) in [6.45, 7) is 7.94. The molecule has 31 heavy (non-hydrogen) atoms. The van der Waals surface area contributed by atoms with Gasteiger partial charge in [-0.05, 0) is 18.9 Å². The number of nitrogens with one attached hydrogen (secondary N) is 2. The zero-order valence-electron chi connectivity index (χ0n) is 18.7. The van der Waals surface area contributed by atoms with Gasteiger partial charge in [0.1, 0.15) is 0 Å². The predicted molar refractivity (Wildman–Crippen MR) is 129 cm³/mol. The van der Waals surface area contributed by atoms with Gasteiger partial charge < -0.3 is 24.8 Å². The summed E-state index contributed by atoms with van der Waals surface area (Å²) in [5, 5.41) is 6.54. The van der Waals surface area contributed by atoms with Gasteiger partial charge in [0.05, 0.1) is 19.8 Å². The molecule has 1 unspecified atom stereocenters. The lowest BCUT2D eigenvalue weighted by Gasteiger charge is -2.37. The van der Waals surface area contributed by atoms with E-state index in [1.807, 2.05) is 0 Å². The van der Waals surface area contributed by atoms with Crippen molar-refractivity contribution in [3.05, 3.63) is 23.8 Å². The molecule has 2 rings (SSSR count). The third kappa shape index (κ3) is 8.93. The summed E-state index contributed by atoms with van der Waals surface area (Å²) in [4.78, 5) is 6.69. The number of halogens is 3. The Hall–Kier alpha value is -1.40. The Morgan fingerprint density at radius 1 is 1.23 bits per heavy atom. The van der Waals surface area contributed by atoms with E-state index in [1.165, 1.54) is 0 Å². The summed E-state index contributed by atoms with van der Waals surface area (Å²) < 4.78 is 41.4. The van der Waals surface area contributed by atoms with Crippen LogP contribution in [-0.4, -0.2) is 70.0 Å². The van der Waals surface area contributed by atoms with Crippen molar-refractivity contribution in [3.8, 4) is 11.5 Å². The van der Waals surface area contributed by atoms with Gasteiger partial charge in [0, 0.05) is 44.8 Å². The fourth-order valence-corrected chi connectivity index (χ4v) is 3.49. The highest BCUT2D eigenvalue weighted by Gasteiger charge is 2.24. The van der Waals surface area contributed by atoms with E-state index in [9.17, 15) is 8.78 Å². The van der Waals surface area contributed by atoms with Gasteiger partial charge in [-0.25, -0.2) is 0 Å². The SMILES string of the molecule is CCOc1cccc(CNC(=NC)NCC(C(C)C)N2CCOCC2)c1OC(F)F.I. The van der Waals surface area contributed by atoms with Crippen LogP contribution in [0.1, 0.15) is 26.3 Å². The number of guanidine groups is 1. The topological polar surface area (TPSA) is 67.4 Å². The van der Waals surface area contributed by atoms with Gasteiger partial charge in [0.15, 0.2) is 17.5 Å². The molecule has 0 saturated carbocycles. The third-order valence-electron chi connectivity index (χ3n) is 5.00. The molecule has 0 amide bonds. The highest BCUT2D eigenvalue weighted by atomic mass is 127. The van der Waals surface area contributed by atoms with Gasteiger partial charge in [0.2, 0.25) is 0 Å². The molecule has 2 N–H and O–H groups in total. The van der Waals surface area contributed by atoms with Crippen LogP contribution in [0.5, 0.6) is 11.5 Å². The quantitative estimate of drug-likeness (QED) is 0.262. The van der Waals surface area contributed by atoms with Crippen molar-refractivity contribution in [3.63, 3.8) is 0 Å². The van der Waals surface area contributed by atoms with Crippen molar-refractivity contribution in [2.45, 2.75) is 40.0 Å². The Balaban J connectivity index is 0.00000480. The first-order chi connectivity index (χ1) is 14.5. The first-order valence-corrected chi connectivity index (χ1v) is 10.4. The molecule has 1 aliphatic rings. The normalized spacial score (nSPS) is 16.1. The molecule has 0 bridgehead atoms. The fraction of sp³-hybridized carbons (Fsp3) is 0.667. The Morgan fingerprint density at radius 3 is 2.52 bits per heavy atom. The van der Waals surface area contributed by atoms with Crippen LogP contribution in [0, 0.1) is 5.92 Å². The summed E-state index contributed by atoms with van der Waals surface area (Å²) in [6, 6.07) is 5.44. The number of benzene rings is 1. The van der Waals surface area contributed by atoms with Crippen LogP contribution in [-0.2, 0) is 11.3 Å². The number of ether oxygens (including phenoxy) is 3. The number of hydrogen-bond acceptors (Lipinski definition) is 5. The van der Waals surface area contributed by atoms with Crippen LogP contribution >= 0.6 is 24.0 Å². The van der Waals surface area contributed by atoms with Crippen molar-refractivity contribution in [2.75, 3.05) is 46.5 Å². The number of nitrogens with zero attached hydrogens (tertiary/aromatic N) is 2. The summed E-state index contributed by atoms with van der Waals surface area (Å²) in [5.41, 5.74) is 0.567. The minimum Gasteiger partial charge on any atom is -0.490 e. The molecule has 178 valence electrons. The van der Waals surface area contributed by atoms with Crippen LogP contribution in [0.15, 0.2) is 23.2 Å². The highest BCUT2D eigenvalue weighted by molar-refractivity contribution is 14.0. The Kier molecular flexibility index (Phi) is 13.0. The van der Waals surface area contributed by atoms with E-state index in [2.05, 4.69) is 34.4 Å². The van der Waals surface area contributed by atoms with E-state index < -0.39 is 6.61 Å². The molecule has 1 aromatic rings. The molecule has 0 spiro atoms. The van der Waals surface area contributed by atoms with Crippen molar-refractivity contribution in [1.29, 1.82) is 0 Å². The molecule has 0 radical (unpaired) electrons. The van der Waals surface area contributed by atoms with Crippen molar-refractivity contribution in [2.24, 2.45) is 10.9 Å². The highest BCUT2D eigenvalue weighted by Crippen LogP contribution is 2.32. The monoisotopic (exact) mass is 556 g/mol. The molecule has 7 nitrogen and oxygen atoms in total. The minimum atomic E-state index is -2.93. The fourth-order valence-electron chi connectivity index (χ4n) is 3.49. The zero-order valence-corrected chi connectivity index (χ0v) is 21.0. The standard InChI is InChI=1S/C21H34F2N4O3.HI/c1-5-29-18-8-6-7-16(19(18)30-20(22)23)13-25-21(24-4)26-14-17(15(2)3)27-9-11-28-12-10-27;/h6-8,15,17,20H,5,9-14H2,1-4H3,(H2,24,25,26);1H. The lowest BCUT2D eigenvalue weighted by atomic mass is 10.0. The van der Waals surface area contributed by atoms with Gasteiger partial charge in [-0.15, -0.1) is 24.0 Å². The first kappa shape index (κ1) is 27.6. The maximum absolute atomic E-state index is 12.9. The van der Waals surface area contributed by atoms with Gasteiger partial charge >= 0.3 is 6.61 Å². The summed E-state index contributed by atoms with van der Waals surface area (Å²) >= 11 is 0. The maximum Gasteiger partial charge on any atom is 0.387 e. The second kappa shape index (κ2) is 14.6. The number of morpholine rings is 1. The molecule has 0 aliphatic carbocycles. The largest absolute Gasteiger partial charge is 0.490 e. The lowest BCUT2D eigenvalue weighted by Crippen LogP contribution is -2.52. The van der Waals surface area contributed by atoms with E-state index in [4.69, 9.17) is 14.2 Å². The summed E-state index contributed by atoms with van der Waals surface area (Å²) in [7, 11) is 1.68. The summed E-state index contributed by atoms with van der Waals surface area (Å²) in [5.74, 6) is 1.40. The number of hydrogen-bond donors (Lipinski definition) is 2. The Bertz CT molecular complexity index is 674. The maximum atomic E-state index is 12.9.